The Morgan fingerprint density at radius 1 is 0.944 bits per heavy atom. The van der Waals surface area contributed by atoms with Crippen LogP contribution < -0.4 is 5.32 Å². The topological polar surface area (TPSA) is 15.3 Å². The molecule has 2 heteroatoms. The van der Waals surface area contributed by atoms with Gasteiger partial charge in [-0.05, 0) is 61.9 Å². The summed E-state index contributed by atoms with van der Waals surface area (Å²) in [4.78, 5) is 2.59. The van der Waals surface area contributed by atoms with Crippen LogP contribution in [0.4, 0.5) is 0 Å². The lowest BCUT2D eigenvalue weighted by Gasteiger charge is -2.21. The second-order valence-corrected chi connectivity index (χ2v) is 5.69. The molecule has 0 atom stereocenters. The lowest BCUT2D eigenvalue weighted by molar-refractivity contribution is 0.284. The predicted octanol–water partition coefficient (Wildman–Crippen LogP) is 2.36. The van der Waals surface area contributed by atoms with Gasteiger partial charge in [-0.25, -0.2) is 0 Å². The summed E-state index contributed by atoms with van der Waals surface area (Å²) < 4.78 is 0. The third-order valence-electron chi connectivity index (χ3n) is 4.25. The molecule has 2 nitrogen and oxygen atoms in total. The molecule has 3 rings (SSSR count). The zero-order valence-electron chi connectivity index (χ0n) is 11.3. The van der Waals surface area contributed by atoms with E-state index in [2.05, 4.69) is 28.4 Å². The Labute approximate surface area is 110 Å². The van der Waals surface area contributed by atoms with E-state index in [1.54, 1.807) is 11.1 Å². The Hall–Kier alpha value is -0.860. The number of nitrogens with one attached hydrogen (secondary N) is 1. The van der Waals surface area contributed by atoms with Gasteiger partial charge in [0.1, 0.15) is 0 Å². The monoisotopic (exact) mass is 244 g/mol. The van der Waals surface area contributed by atoms with Crippen LogP contribution in [-0.4, -0.2) is 31.1 Å². The molecule has 0 spiro atoms. The minimum atomic E-state index is 1.13. The molecule has 0 saturated carbocycles. The quantitative estimate of drug-likeness (QED) is 0.859. The van der Waals surface area contributed by atoms with Gasteiger partial charge in [0.15, 0.2) is 0 Å². The Kier molecular flexibility index (Phi) is 3.96. The van der Waals surface area contributed by atoms with Crippen LogP contribution in [0.3, 0.4) is 0 Å². The fourth-order valence-electron chi connectivity index (χ4n) is 3.20. The van der Waals surface area contributed by atoms with Crippen molar-refractivity contribution in [2.24, 2.45) is 0 Å². The van der Waals surface area contributed by atoms with Gasteiger partial charge in [-0.3, -0.25) is 4.90 Å². The fraction of sp³-hybridized carbons (Fsp3) is 0.625. The van der Waals surface area contributed by atoms with Gasteiger partial charge in [-0.2, -0.15) is 0 Å². The summed E-state index contributed by atoms with van der Waals surface area (Å²) >= 11 is 0. The minimum Gasteiger partial charge on any atom is -0.315 e. The summed E-state index contributed by atoms with van der Waals surface area (Å²) in [7, 11) is 0. The molecule has 1 aromatic rings. The first kappa shape index (κ1) is 12.2. The maximum atomic E-state index is 3.47. The van der Waals surface area contributed by atoms with Crippen molar-refractivity contribution in [3.8, 4) is 0 Å². The zero-order valence-corrected chi connectivity index (χ0v) is 11.3. The van der Waals surface area contributed by atoms with Crippen molar-refractivity contribution in [1.29, 1.82) is 0 Å². The largest absolute Gasteiger partial charge is 0.315 e. The maximum absolute atomic E-state index is 3.47. The van der Waals surface area contributed by atoms with Crippen LogP contribution in [0.2, 0.25) is 0 Å². The molecule has 0 aromatic heterocycles. The molecule has 0 bridgehead atoms. The van der Waals surface area contributed by atoms with Crippen molar-refractivity contribution < 1.29 is 0 Å². The molecule has 1 aliphatic carbocycles. The maximum Gasteiger partial charge on any atom is 0.0234 e. The van der Waals surface area contributed by atoms with Crippen LogP contribution in [0.1, 0.15) is 36.0 Å². The molecule has 98 valence electrons. The van der Waals surface area contributed by atoms with Crippen molar-refractivity contribution in [2.45, 2.75) is 38.6 Å². The average molecular weight is 244 g/mol. The highest BCUT2D eigenvalue weighted by atomic mass is 15.1. The summed E-state index contributed by atoms with van der Waals surface area (Å²) in [6, 6.07) is 7.19. The van der Waals surface area contributed by atoms with Crippen LogP contribution in [0, 0.1) is 0 Å². The lowest BCUT2D eigenvalue weighted by atomic mass is 9.90. The molecular formula is C16H24N2. The first-order chi connectivity index (χ1) is 8.92. The minimum absolute atomic E-state index is 1.13. The van der Waals surface area contributed by atoms with Gasteiger partial charge in [-0.15, -0.1) is 0 Å². The molecule has 2 aliphatic rings. The molecule has 0 unspecified atom stereocenters. The molecule has 1 heterocycles. The van der Waals surface area contributed by atoms with Gasteiger partial charge >= 0.3 is 0 Å². The summed E-state index contributed by atoms with van der Waals surface area (Å²) in [5, 5.41) is 3.47. The van der Waals surface area contributed by atoms with Crippen LogP contribution in [-0.2, 0) is 19.4 Å². The first-order valence-corrected chi connectivity index (χ1v) is 7.45. The number of benzene rings is 1. The normalized spacial score (nSPS) is 21.3. The molecule has 1 aromatic carbocycles. The molecular weight excluding hydrogens is 220 g/mol. The number of rotatable bonds is 2. The summed E-state index contributed by atoms with van der Waals surface area (Å²) in [6.45, 7) is 5.89. The standard InChI is InChI=1S/C16H24N2/c1-2-5-16-12-14(6-7-15(16)4-1)13-18-10-3-8-17-9-11-18/h6-7,12,17H,1-5,8-11,13H2. The Balaban J connectivity index is 1.68. The van der Waals surface area contributed by atoms with Gasteiger partial charge in [0.2, 0.25) is 0 Å². The summed E-state index contributed by atoms with van der Waals surface area (Å²) in [5.74, 6) is 0. The number of aryl methyl sites for hydroxylation is 2. The first-order valence-electron chi connectivity index (χ1n) is 7.45. The Bertz CT molecular complexity index is 392. The lowest BCUT2D eigenvalue weighted by Crippen LogP contribution is -2.27. The molecule has 1 fully saturated rings. The van der Waals surface area contributed by atoms with E-state index < -0.39 is 0 Å². The van der Waals surface area contributed by atoms with E-state index in [4.69, 9.17) is 0 Å². The third-order valence-corrected chi connectivity index (χ3v) is 4.25. The second-order valence-electron chi connectivity index (χ2n) is 5.69. The van der Waals surface area contributed by atoms with E-state index >= 15 is 0 Å². The van der Waals surface area contributed by atoms with E-state index in [1.807, 2.05) is 0 Å². The number of fused-ring (bicyclic) bond motifs is 1. The van der Waals surface area contributed by atoms with E-state index in [1.165, 1.54) is 57.3 Å². The molecule has 0 radical (unpaired) electrons. The van der Waals surface area contributed by atoms with Gasteiger partial charge in [0.05, 0.1) is 0 Å². The van der Waals surface area contributed by atoms with Crippen molar-refractivity contribution in [1.82, 2.24) is 10.2 Å². The Morgan fingerprint density at radius 3 is 2.78 bits per heavy atom. The third kappa shape index (κ3) is 2.93. The second kappa shape index (κ2) is 5.85. The van der Waals surface area contributed by atoms with Gasteiger partial charge in [0, 0.05) is 19.6 Å². The highest BCUT2D eigenvalue weighted by Crippen LogP contribution is 2.22. The van der Waals surface area contributed by atoms with Gasteiger partial charge < -0.3 is 5.32 Å². The predicted molar refractivity (Wildman–Crippen MR) is 75.8 cm³/mol. The van der Waals surface area contributed by atoms with Crippen LogP contribution >= 0.6 is 0 Å². The molecule has 0 amide bonds. The van der Waals surface area contributed by atoms with E-state index in [9.17, 15) is 0 Å². The summed E-state index contributed by atoms with van der Waals surface area (Å²) in [5.41, 5.74) is 4.73. The van der Waals surface area contributed by atoms with E-state index in [-0.39, 0.29) is 0 Å². The highest BCUT2D eigenvalue weighted by Gasteiger charge is 2.12. The van der Waals surface area contributed by atoms with Crippen LogP contribution in [0.15, 0.2) is 18.2 Å². The van der Waals surface area contributed by atoms with Crippen LogP contribution in [0.5, 0.6) is 0 Å². The Morgan fingerprint density at radius 2 is 1.83 bits per heavy atom. The zero-order chi connectivity index (χ0) is 12.2. The fourth-order valence-corrected chi connectivity index (χ4v) is 3.20. The van der Waals surface area contributed by atoms with Crippen molar-refractivity contribution in [2.75, 3.05) is 26.2 Å². The molecule has 18 heavy (non-hydrogen) atoms. The van der Waals surface area contributed by atoms with Crippen molar-refractivity contribution in [3.63, 3.8) is 0 Å². The van der Waals surface area contributed by atoms with Crippen molar-refractivity contribution >= 4 is 0 Å². The molecule has 1 saturated heterocycles. The van der Waals surface area contributed by atoms with Crippen LogP contribution in [0.25, 0.3) is 0 Å². The molecule has 1 aliphatic heterocycles. The highest BCUT2D eigenvalue weighted by molar-refractivity contribution is 5.33. The smallest absolute Gasteiger partial charge is 0.0234 e. The SMILES string of the molecule is c1cc2c(cc1CN1CCCNCC1)CCCC2. The number of hydrogen-bond donors (Lipinski definition) is 1. The number of nitrogens with zero attached hydrogens (tertiary/aromatic N) is 1. The van der Waals surface area contributed by atoms with E-state index in [0.29, 0.717) is 0 Å². The number of hydrogen-bond acceptors (Lipinski definition) is 2. The van der Waals surface area contributed by atoms with E-state index in [0.717, 1.165) is 13.1 Å². The summed E-state index contributed by atoms with van der Waals surface area (Å²) in [6.07, 6.45) is 6.63. The van der Waals surface area contributed by atoms with Gasteiger partial charge in [0.25, 0.3) is 0 Å². The van der Waals surface area contributed by atoms with Gasteiger partial charge in [-0.1, -0.05) is 18.2 Å². The van der Waals surface area contributed by atoms with Crippen molar-refractivity contribution in [3.05, 3.63) is 34.9 Å². The molecule has 1 N–H and O–H groups in total. The average Bonchev–Trinajstić information content (AvgIpc) is 2.67.